The van der Waals surface area contributed by atoms with Gasteiger partial charge in [0, 0.05) is 27.7 Å². The van der Waals surface area contributed by atoms with Crippen molar-refractivity contribution in [2.45, 2.75) is 198 Å². The average Bonchev–Trinajstić information content (AvgIpc) is 3.17. The van der Waals surface area contributed by atoms with Crippen LogP contribution in [-0.4, -0.2) is 197 Å². The number of nitrogens with one attached hydrogen (secondary N) is 6. The van der Waals surface area contributed by atoms with Gasteiger partial charge in [-0.05, 0) is 41.5 Å². The fourth-order valence-electron chi connectivity index (χ4n) is 7.50. The molecule has 4 amide bonds. The minimum absolute atomic E-state index is 0.216. The van der Waals surface area contributed by atoms with E-state index in [0.717, 1.165) is 20.8 Å². The SMILES string of the molecule is CC(=N)NC1C(OC2C(O)C(C)OC(OBN)C2NC(C)=O)OC(C)C(OC2OC(C(=O)O)C(OC(OC(C)C(C)O)C(O)NC(C)=O)C(NC(=O)C[C@@H](C)O)C2NC(C)=O)C1OC(C)=O. The van der Waals surface area contributed by atoms with E-state index in [4.69, 9.17) is 53.6 Å². The molecule has 0 aromatic carbocycles. The van der Waals surface area contributed by atoms with Crippen LogP contribution in [0.4, 0.5) is 0 Å². The second kappa shape index (κ2) is 25.3. The molecule has 3 rings (SSSR count). The predicted octanol–water partition coefficient (Wildman–Crippen LogP) is -5.24. The first kappa shape index (κ1) is 56.2. The molecule has 3 saturated heterocycles. The third-order valence-corrected chi connectivity index (χ3v) is 10.5. The van der Waals surface area contributed by atoms with Gasteiger partial charge in [0.1, 0.15) is 42.5 Å². The second-order valence-electron chi connectivity index (χ2n) is 16.4. The van der Waals surface area contributed by atoms with Crippen molar-refractivity contribution in [3.8, 4) is 0 Å². The van der Waals surface area contributed by atoms with Crippen molar-refractivity contribution in [3.05, 3.63) is 0 Å². The molecule has 0 saturated carbocycles. The number of carboxylic acid groups (broad SMARTS) is 1. The monoisotopic (exact) mass is 951 g/mol. The van der Waals surface area contributed by atoms with Crippen LogP contribution in [0.3, 0.4) is 0 Å². The van der Waals surface area contributed by atoms with Crippen LogP contribution in [0.1, 0.15) is 75.7 Å². The number of nitrogens with two attached hydrogens (primary N) is 1. The number of hydrogen-bond donors (Lipinski definition) is 12. The van der Waals surface area contributed by atoms with E-state index >= 15 is 0 Å². The molecule has 0 bridgehead atoms. The molecule has 0 aromatic heterocycles. The van der Waals surface area contributed by atoms with E-state index in [0.29, 0.717) is 0 Å². The molecule has 0 aliphatic carbocycles. The average molecular weight is 952 g/mol. The summed E-state index contributed by atoms with van der Waals surface area (Å²) in [5, 5.41) is 74.4. The minimum Gasteiger partial charge on any atom is -0.479 e. The number of amidine groups is 1. The largest absolute Gasteiger partial charge is 0.479 e. The molecule has 0 radical (unpaired) electrons. The number of aliphatic hydroxyl groups is 4. The fraction of sp³-hybridized carbons (Fsp3) is 0.816. The van der Waals surface area contributed by atoms with Gasteiger partial charge < -0.3 is 100 Å². The number of rotatable bonds is 21. The Morgan fingerprint density at radius 2 is 1.29 bits per heavy atom. The molecule has 3 heterocycles. The van der Waals surface area contributed by atoms with Gasteiger partial charge in [0.2, 0.25) is 29.9 Å². The number of hydrogen-bond acceptors (Lipinski definition) is 21. The Morgan fingerprint density at radius 3 is 1.80 bits per heavy atom. The molecule has 19 unspecified atom stereocenters. The van der Waals surface area contributed by atoms with Crippen molar-refractivity contribution >= 4 is 49.0 Å². The normalized spacial score (nSPS) is 34.5. The molecule has 3 aliphatic rings. The van der Waals surface area contributed by atoms with E-state index in [1.807, 2.05) is 0 Å². The van der Waals surface area contributed by atoms with Gasteiger partial charge in [-0.3, -0.25) is 29.4 Å². The van der Waals surface area contributed by atoms with Gasteiger partial charge in [0.25, 0.3) is 0 Å². The molecular formula is C38H66BN7O20. The summed E-state index contributed by atoms with van der Waals surface area (Å²) in [6, 6.07) is -5.94. The minimum atomic E-state index is -2.18. The molecule has 13 N–H and O–H groups in total. The van der Waals surface area contributed by atoms with Crippen LogP contribution in [0.2, 0.25) is 0 Å². The van der Waals surface area contributed by atoms with Crippen LogP contribution in [0, 0.1) is 5.41 Å². The molecule has 376 valence electrons. The number of carbonyl (C=O) groups excluding carboxylic acids is 5. The van der Waals surface area contributed by atoms with Crippen LogP contribution in [0.15, 0.2) is 0 Å². The summed E-state index contributed by atoms with van der Waals surface area (Å²) >= 11 is 0. The zero-order chi connectivity index (χ0) is 49.9. The molecule has 28 heteroatoms. The predicted molar refractivity (Wildman–Crippen MR) is 223 cm³/mol. The zero-order valence-corrected chi connectivity index (χ0v) is 38.4. The van der Waals surface area contributed by atoms with Crippen molar-refractivity contribution in [3.63, 3.8) is 0 Å². The van der Waals surface area contributed by atoms with Crippen molar-refractivity contribution in [1.82, 2.24) is 26.6 Å². The lowest BCUT2D eigenvalue weighted by Crippen LogP contribution is -2.73. The van der Waals surface area contributed by atoms with Gasteiger partial charge in [-0.25, -0.2) is 4.79 Å². The molecule has 66 heavy (non-hydrogen) atoms. The zero-order valence-electron chi connectivity index (χ0n) is 38.4. The molecule has 20 atom stereocenters. The van der Waals surface area contributed by atoms with Crippen LogP contribution < -0.4 is 32.2 Å². The van der Waals surface area contributed by atoms with Crippen LogP contribution in [-0.2, 0) is 71.3 Å². The second-order valence-corrected chi connectivity index (χ2v) is 16.4. The van der Waals surface area contributed by atoms with E-state index in [2.05, 4.69) is 26.6 Å². The lowest BCUT2D eigenvalue weighted by Gasteiger charge is -2.51. The molecule has 0 spiro atoms. The highest BCUT2D eigenvalue weighted by Crippen LogP contribution is 2.35. The Morgan fingerprint density at radius 1 is 0.727 bits per heavy atom. The quantitative estimate of drug-likeness (QED) is 0.0168. The molecule has 3 fully saturated rings. The Balaban J connectivity index is 2.19. The fourth-order valence-corrected chi connectivity index (χ4v) is 7.50. The number of carbonyl (C=O) groups is 6. The third-order valence-electron chi connectivity index (χ3n) is 10.5. The van der Waals surface area contributed by atoms with Crippen LogP contribution >= 0.6 is 0 Å². The third kappa shape index (κ3) is 15.7. The first-order chi connectivity index (χ1) is 30.7. The summed E-state index contributed by atoms with van der Waals surface area (Å²) in [4.78, 5) is 76.8. The lowest BCUT2D eigenvalue weighted by atomic mass is 9.91. The van der Waals surface area contributed by atoms with Gasteiger partial charge in [-0.2, -0.15) is 0 Å². The highest BCUT2D eigenvalue weighted by molar-refractivity contribution is 6.22. The summed E-state index contributed by atoms with van der Waals surface area (Å²) in [7, 11) is -0.350. The van der Waals surface area contributed by atoms with E-state index < -0.39 is 165 Å². The summed E-state index contributed by atoms with van der Waals surface area (Å²) < 4.78 is 53.9. The van der Waals surface area contributed by atoms with Crippen molar-refractivity contribution in [2.24, 2.45) is 5.64 Å². The Bertz CT molecular complexity index is 1690. The number of carboxylic acids is 1. The highest BCUT2D eigenvalue weighted by Gasteiger charge is 2.57. The molecular weight excluding hydrogens is 885 g/mol. The Kier molecular flexibility index (Phi) is 21.5. The smallest absolute Gasteiger partial charge is 0.360 e. The Labute approximate surface area is 381 Å². The number of ether oxygens (including phenoxy) is 8. The Hall–Kier alpha value is -4.17. The first-order valence-corrected chi connectivity index (χ1v) is 21.2. The number of esters is 1. The summed E-state index contributed by atoms with van der Waals surface area (Å²) in [6.07, 6.45) is -24.9. The summed E-state index contributed by atoms with van der Waals surface area (Å²) in [5.74, 6) is -5.85. The molecule has 0 aromatic rings. The molecule has 3 aliphatic heterocycles. The van der Waals surface area contributed by atoms with Gasteiger partial charge in [0.05, 0.1) is 48.8 Å². The lowest BCUT2D eigenvalue weighted by molar-refractivity contribution is -0.343. The first-order valence-electron chi connectivity index (χ1n) is 21.2. The van der Waals surface area contributed by atoms with Crippen molar-refractivity contribution in [2.75, 3.05) is 0 Å². The van der Waals surface area contributed by atoms with Gasteiger partial charge in [-0.15, -0.1) is 0 Å². The number of amides is 4. The van der Waals surface area contributed by atoms with Crippen molar-refractivity contribution < 1.29 is 96.8 Å². The standard InChI is InChI=1S/C38H66BN7O20/c1-12(47)11-22(53)46-23-24(43-18(7)49)35(65-32(34(56)57)30(23)64-38(33(55)45-20(9)51)58-14(3)13(2)48)62-28-16(5)60-36(26(42-17(6)40)31(28)61-21(10)52)63-29-25(44-19(8)50)37(66-39-41)59-15(4)27(29)54/h12-16,23-33,35-39,47-48,54-55H,11,41H2,1-10H3,(H2,40,42)(H,43,49)(H,44,50)(H,45,51)(H,46,53)(H,56,57)/t12-,13?,14?,15?,16?,23?,24?,25?,26?,27?,28?,29?,30?,31?,32?,33?,35?,36?,37?,38?/m1/s1. The molecule has 27 nitrogen and oxygen atoms in total. The topological polar surface area (TPSA) is 397 Å². The summed E-state index contributed by atoms with van der Waals surface area (Å²) in [5.41, 5.74) is 5.63. The van der Waals surface area contributed by atoms with Gasteiger partial charge in [-0.1, -0.05) is 0 Å². The number of aliphatic carboxylic acids is 1. The van der Waals surface area contributed by atoms with Crippen LogP contribution in [0.5, 0.6) is 0 Å². The van der Waals surface area contributed by atoms with Gasteiger partial charge >= 0.3 is 19.6 Å². The maximum Gasteiger partial charge on any atom is 0.360 e. The number of aliphatic hydroxyl groups excluding tert-OH is 4. The summed E-state index contributed by atoms with van der Waals surface area (Å²) in [6.45, 7) is 12.7. The highest BCUT2D eigenvalue weighted by atomic mass is 16.8. The van der Waals surface area contributed by atoms with E-state index in [-0.39, 0.29) is 13.5 Å². The van der Waals surface area contributed by atoms with Crippen LogP contribution in [0.25, 0.3) is 0 Å². The van der Waals surface area contributed by atoms with E-state index in [1.165, 1.54) is 48.5 Å². The van der Waals surface area contributed by atoms with E-state index in [9.17, 15) is 54.3 Å². The van der Waals surface area contributed by atoms with Crippen molar-refractivity contribution in [1.29, 1.82) is 5.41 Å². The van der Waals surface area contributed by atoms with Gasteiger partial charge in [0.15, 0.2) is 37.3 Å². The van der Waals surface area contributed by atoms with E-state index in [1.54, 1.807) is 0 Å². The maximum absolute atomic E-state index is 13.4. The maximum atomic E-state index is 13.4.